The fourth-order valence-electron chi connectivity index (χ4n) is 6.17. The minimum Gasteiger partial charge on any atom is -0.496 e. The summed E-state index contributed by atoms with van der Waals surface area (Å²) >= 11 is 0. The van der Waals surface area contributed by atoms with Crippen LogP contribution >= 0.6 is 0 Å². The minimum absolute atomic E-state index is 0.0392. The molecule has 2 aliphatic heterocycles. The number of ether oxygens (including phenoxy) is 3. The van der Waals surface area contributed by atoms with Gasteiger partial charge in [-0.05, 0) is 31.2 Å². The Hall–Kier alpha value is -3.82. The molecule has 2 N–H and O–H groups in total. The number of methoxy groups -OCH3 is 1. The average Bonchev–Trinajstić information content (AvgIpc) is 3.37. The van der Waals surface area contributed by atoms with Gasteiger partial charge in [0, 0.05) is 34.9 Å². The van der Waals surface area contributed by atoms with Gasteiger partial charge in [0.1, 0.15) is 29.9 Å². The van der Waals surface area contributed by atoms with Gasteiger partial charge in [-0.2, -0.15) is 0 Å². The third-order valence-corrected chi connectivity index (χ3v) is 8.42. The Morgan fingerprint density at radius 1 is 1.10 bits per heavy atom. The SMILES string of the molecule is COc1cc2[nH]c(=O)cc3c2cc1/C=C/CC(C)(C)COC(=O)N[C@@H](C1CCCCC1)C(=O)N1C[C@@H](C[C@H]1C=O)O3. The molecule has 4 bridgehead atoms. The van der Waals surface area contributed by atoms with Crippen LogP contribution in [0.15, 0.2) is 29.1 Å². The van der Waals surface area contributed by atoms with Crippen LogP contribution in [0.5, 0.6) is 11.5 Å². The van der Waals surface area contributed by atoms with Gasteiger partial charge in [0.05, 0.1) is 31.8 Å². The zero-order chi connectivity index (χ0) is 29.1. The van der Waals surface area contributed by atoms with Gasteiger partial charge >= 0.3 is 6.09 Å². The Bertz CT molecular complexity index is 1390. The number of alkyl carbamates (subject to hydrolysis) is 1. The molecule has 220 valence electrons. The van der Waals surface area contributed by atoms with Crippen molar-refractivity contribution in [3.05, 3.63) is 40.2 Å². The summed E-state index contributed by atoms with van der Waals surface area (Å²) in [5.74, 6) is 0.611. The van der Waals surface area contributed by atoms with E-state index in [1.807, 2.05) is 32.1 Å². The number of rotatable bonds is 3. The third kappa shape index (κ3) is 6.41. The molecule has 10 heteroatoms. The molecule has 0 radical (unpaired) electrons. The van der Waals surface area contributed by atoms with Crippen LogP contribution in [0.2, 0.25) is 0 Å². The van der Waals surface area contributed by atoms with Crippen molar-refractivity contribution >= 4 is 35.3 Å². The van der Waals surface area contributed by atoms with Crippen LogP contribution in [-0.4, -0.2) is 66.6 Å². The predicted octanol–water partition coefficient (Wildman–Crippen LogP) is 4.20. The van der Waals surface area contributed by atoms with Crippen molar-refractivity contribution in [2.45, 2.75) is 77.0 Å². The molecule has 2 aromatic rings. The van der Waals surface area contributed by atoms with E-state index in [-0.39, 0.29) is 42.4 Å². The number of pyridine rings is 1. The van der Waals surface area contributed by atoms with Crippen LogP contribution in [0, 0.1) is 11.3 Å². The van der Waals surface area contributed by atoms with Crippen LogP contribution in [0.4, 0.5) is 4.79 Å². The summed E-state index contributed by atoms with van der Waals surface area (Å²) < 4.78 is 17.6. The molecule has 0 spiro atoms. The number of aromatic nitrogens is 1. The van der Waals surface area contributed by atoms with Crippen LogP contribution in [0.3, 0.4) is 0 Å². The van der Waals surface area contributed by atoms with Crippen molar-refractivity contribution in [1.82, 2.24) is 15.2 Å². The maximum Gasteiger partial charge on any atom is 0.407 e. The normalized spacial score (nSPS) is 26.4. The van der Waals surface area contributed by atoms with Crippen molar-refractivity contribution in [2.24, 2.45) is 11.3 Å². The second-order valence-electron chi connectivity index (χ2n) is 12.2. The number of fused-ring (bicyclic) bond motifs is 3. The first-order chi connectivity index (χ1) is 19.7. The molecule has 2 fully saturated rings. The van der Waals surface area contributed by atoms with Gasteiger partial charge in [0.2, 0.25) is 5.91 Å². The first-order valence-corrected chi connectivity index (χ1v) is 14.4. The van der Waals surface area contributed by atoms with Gasteiger partial charge in [-0.15, -0.1) is 0 Å². The second-order valence-corrected chi connectivity index (χ2v) is 12.2. The lowest BCUT2D eigenvalue weighted by molar-refractivity contribution is -0.138. The number of aldehydes is 1. The summed E-state index contributed by atoms with van der Waals surface area (Å²) in [7, 11) is 1.57. The highest BCUT2D eigenvalue weighted by atomic mass is 16.5. The van der Waals surface area contributed by atoms with Gasteiger partial charge in [-0.1, -0.05) is 45.3 Å². The molecular weight excluding hydrogens is 526 g/mol. The first-order valence-electron chi connectivity index (χ1n) is 14.4. The van der Waals surface area contributed by atoms with Gasteiger partial charge in [0.25, 0.3) is 5.56 Å². The van der Waals surface area contributed by atoms with Crippen LogP contribution in [-0.2, 0) is 14.3 Å². The minimum atomic E-state index is -0.790. The fraction of sp³-hybridized carbons (Fsp3) is 0.548. The Kier molecular flexibility index (Phi) is 8.37. The van der Waals surface area contributed by atoms with Crippen LogP contribution in [0.25, 0.3) is 17.0 Å². The second kappa shape index (κ2) is 12.0. The van der Waals surface area contributed by atoms with E-state index in [1.165, 1.54) is 11.0 Å². The summed E-state index contributed by atoms with van der Waals surface area (Å²) in [6.07, 6.45) is 9.12. The third-order valence-electron chi connectivity index (χ3n) is 8.42. The number of H-pyrrole nitrogens is 1. The van der Waals surface area contributed by atoms with Gasteiger partial charge in [-0.3, -0.25) is 9.59 Å². The number of hydrogen-bond acceptors (Lipinski definition) is 7. The summed E-state index contributed by atoms with van der Waals surface area (Å²) in [5.41, 5.74) is 0.636. The molecule has 1 aromatic carbocycles. The van der Waals surface area contributed by atoms with Crippen molar-refractivity contribution < 1.29 is 28.6 Å². The average molecular weight is 566 g/mol. The van der Waals surface area contributed by atoms with Crippen LogP contribution in [0.1, 0.15) is 64.4 Å². The molecular formula is C31H39N3O7. The summed E-state index contributed by atoms with van der Waals surface area (Å²) in [6.45, 7) is 4.32. The Balaban J connectivity index is 1.55. The Labute approximate surface area is 239 Å². The maximum atomic E-state index is 14.0. The van der Waals surface area contributed by atoms with Crippen molar-refractivity contribution in [2.75, 3.05) is 20.3 Å². The number of cyclic esters (lactones) is 1. The molecule has 3 atom stereocenters. The monoisotopic (exact) mass is 565 g/mol. The van der Waals surface area contributed by atoms with Gasteiger partial charge < -0.3 is 34.2 Å². The van der Waals surface area contributed by atoms with E-state index in [1.54, 1.807) is 13.2 Å². The molecule has 5 rings (SSSR count). The van der Waals surface area contributed by atoms with E-state index >= 15 is 0 Å². The van der Waals surface area contributed by atoms with Crippen molar-refractivity contribution in [3.8, 4) is 11.5 Å². The molecule has 3 heterocycles. The zero-order valence-corrected chi connectivity index (χ0v) is 23.9. The molecule has 41 heavy (non-hydrogen) atoms. The highest BCUT2D eigenvalue weighted by Crippen LogP contribution is 2.34. The number of benzene rings is 1. The quantitative estimate of drug-likeness (QED) is 0.534. The number of nitrogens with one attached hydrogen (secondary N) is 2. The molecule has 10 nitrogen and oxygen atoms in total. The predicted molar refractivity (Wildman–Crippen MR) is 154 cm³/mol. The summed E-state index contributed by atoms with van der Waals surface area (Å²) in [5, 5.41) is 3.55. The Morgan fingerprint density at radius 2 is 1.88 bits per heavy atom. The summed E-state index contributed by atoms with van der Waals surface area (Å²) in [6, 6.07) is 3.55. The first kappa shape index (κ1) is 28.7. The van der Waals surface area contributed by atoms with Crippen LogP contribution < -0.4 is 20.3 Å². The van der Waals surface area contributed by atoms with Crippen molar-refractivity contribution in [1.29, 1.82) is 0 Å². The highest BCUT2D eigenvalue weighted by molar-refractivity contribution is 5.90. The number of allylic oxidation sites excluding steroid dienone is 1. The fourth-order valence-corrected chi connectivity index (χ4v) is 6.17. The number of carbonyl (C=O) groups excluding carboxylic acids is 3. The molecule has 3 aliphatic rings. The van der Waals surface area contributed by atoms with E-state index in [9.17, 15) is 19.2 Å². The maximum absolute atomic E-state index is 14.0. The number of aromatic amines is 1. The number of nitrogens with zero attached hydrogens (tertiary/aromatic N) is 1. The zero-order valence-electron chi connectivity index (χ0n) is 23.9. The standard InChI is InChI=1S/C31H39N3O7/c1-31(2)11-7-10-20-12-23-24(14-25(20)39-3)32-27(36)15-26(23)41-22-13-21(17-35)34(16-22)29(37)28(33-30(38)40-18-31)19-8-5-4-6-9-19/h7,10,12,14-15,17,19,21-22,28H,4-6,8-9,11,13,16,18H2,1-3H3,(H,32,36)(H,33,38)/b10-7+/t21-,22+,28-/m0/s1. The van der Waals surface area contributed by atoms with E-state index < -0.39 is 24.3 Å². The van der Waals surface area contributed by atoms with E-state index in [4.69, 9.17) is 14.2 Å². The number of hydrogen-bond donors (Lipinski definition) is 2. The smallest absolute Gasteiger partial charge is 0.407 e. The topological polar surface area (TPSA) is 127 Å². The molecule has 2 amide bonds. The molecule has 1 saturated carbocycles. The number of carbonyl (C=O) groups is 3. The van der Waals surface area contributed by atoms with Gasteiger partial charge in [-0.25, -0.2) is 4.79 Å². The van der Waals surface area contributed by atoms with Crippen molar-refractivity contribution in [3.63, 3.8) is 0 Å². The largest absolute Gasteiger partial charge is 0.496 e. The molecule has 1 saturated heterocycles. The summed E-state index contributed by atoms with van der Waals surface area (Å²) in [4.78, 5) is 56.0. The Morgan fingerprint density at radius 3 is 2.61 bits per heavy atom. The number of amides is 2. The molecule has 1 aromatic heterocycles. The van der Waals surface area contributed by atoms with Gasteiger partial charge in [0.15, 0.2) is 0 Å². The lowest BCUT2D eigenvalue weighted by Crippen LogP contribution is -2.54. The van der Waals surface area contributed by atoms with E-state index in [0.29, 0.717) is 28.8 Å². The lowest BCUT2D eigenvalue weighted by atomic mass is 9.83. The van der Waals surface area contributed by atoms with E-state index in [2.05, 4.69) is 10.3 Å². The highest BCUT2D eigenvalue weighted by Gasteiger charge is 2.42. The molecule has 1 aliphatic carbocycles. The van der Waals surface area contributed by atoms with E-state index in [0.717, 1.165) is 44.0 Å². The lowest BCUT2D eigenvalue weighted by Gasteiger charge is -2.34. The molecule has 0 unspecified atom stereocenters.